The van der Waals surface area contributed by atoms with Gasteiger partial charge in [-0.25, -0.2) is 8.78 Å². The molecule has 0 saturated heterocycles. The lowest BCUT2D eigenvalue weighted by atomic mass is 10.0. The van der Waals surface area contributed by atoms with Crippen molar-refractivity contribution in [1.29, 1.82) is 0 Å². The summed E-state index contributed by atoms with van der Waals surface area (Å²) in [5.74, 6) is -4.45. The Hall–Kier alpha value is -1.20. The zero-order valence-electron chi connectivity index (χ0n) is 6.74. The van der Waals surface area contributed by atoms with Crippen LogP contribution in [0.5, 0.6) is 0 Å². The van der Waals surface area contributed by atoms with Crippen molar-refractivity contribution >= 4 is 11.9 Å². The van der Waals surface area contributed by atoms with Gasteiger partial charge in [0.1, 0.15) is 5.92 Å². The molecule has 0 aliphatic rings. The Morgan fingerprint density at radius 2 is 1.77 bits per heavy atom. The molecular weight excluding hydrogens is 186 g/mol. The van der Waals surface area contributed by atoms with Crippen molar-refractivity contribution in [2.45, 2.75) is 25.7 Å². The molecule has 1 atom stereocenters. The van der Waals surface area contributed by atoms with E-state index in [2.05, 4.69) is 0 Å². The zero-order valence-corrected chi connectivity index (χ0v) is 6.74. The Labute approximate surface area is 73.2 Å². The molecule has 0 saturated carbocycles. The van der Waals surface area contributed by atoms with Crippen LogP contribution >= 0.6 is 0 Å². The Bertz CT molecular complexity index is 193. The molecule has 0 aromatic carbocycles. The molecular formula is C7H10F2O4. The van der Waals surface area contributed by atoms with Crippen LogP contribution in [0, 0.1) is 5.92 Å². The normalized spacial score (nSPS) is 12.8. The van der Waals surface area contributed by atoms with Gasteiger partial charge in [0.15, 0.2) is 0 Å². The quantitative estimate of drug-likeness (QED) is 0.669. The molecule has 6 heteroatoms. The molecule has 0 aliphatic carbocycles. The van der Waals surface area contributed by atoms with Crippen molar-refractivity contribution in [1.82, 2.24) is 0 Å². The minimum atomic E-state index is -2.94. The maximum absolute atomic E-state index is 11.9. The summed E-state index contributed by atoms with van der Waals surface area (Å²) in [4.78, 5) is 20.2. The van der Waals surface area contributed by atoms with E-state index in [1.807, 2.05) is 0 Å². The minimum Gasteiger partial charge on any atom is -0.481 e. The predicted octanol–water partition coefficient (Wildman–Crippen LogP) is 1.21. The van der Waals surface area contributed by atoms with Crippen LogP contribution in [0.1, 0.15) is 19.3 Å². The molecule has 0 spiro atoms. The first-order valence-electron chi connectivity index (χ1n) is 3.68. The largest absolute Gasteiger partial charge is 0.481 e. The van der Waals surface area contributed by atoms with Gasteiger partial charge < -0.3 is 10.2 Å². The van der Waals surface area contributed by atoms with Crippen LogP contribution in [-0.2, 0) is 9.59 Å². The fourth-order valence-corrected chi connectivity index (χ4v) is 0.830. The van der Waals surface area contributed by atoms with E-state index >= 15 is 0 Å². The predicted molar refractivity (Wildman–Crippen MR) is 38.6 cm³/mol. The minimum absolute atomic E-state index is 0.0450. The first-order chi connectivity index (χ1) is 5.95. The van der Waals surface area contributed by atoms with Crippen LogP contribution in [0.3, 0.4) is 0 Å². The monoisotopic (exact) mass is 196 g/mol. The highest BCUT2D eigenvalue weighted by Gasteiger charge is 2.27. The van der Waals surface area contributed by atoms with E-state index in [-0.39, 0.29) is 19.3 Å². The number of aliphatic carboxylic acids is 2. The summed E-state index contributed by atoms with van der Waals surface area (Å²) >= 11 is 0. The maximum Gasteiger partial charge on any atom is 0.312 e. The van der Waals surface area contributed by atoms with Crippen molar-refractivity contribution < 1.29 is 28.6 Å². The third-order valence-electron chi connectivity index (χ3n) is 1.53. The van der Waals surface area contributed by atoms with E-state index in [0.29, 0.717) is 0 Å². The van der Waals surface area contributed by atoms with Crippen molar-refractivity contribution in [2.24, 2.45) is 5.92 Å². The standard InChI is InChI=1S/C7H10F2O4/c8-6(9)4(7(12)13)2-1-3-5(10)11/h4,6H,1-3H2,(H,10,11)(H,12,13)/t4-/m0/s1. The number of hydrogen-bond donors (Lipinski definition) is 2. The van der Waals surface area contributed by atoms with Crippen LogP contribution in [0.2, 0.25) is 0 Å². The summed E-state index contributed by atoms with van der Waals surface area (Å²) in [6.45, 7) is 0. The lowest BCUT2D eigenvalue weighted by Crippen LogP contribution is -2.21. The van der Waals surface area contributed by atoms with Gasteiger partial charge in [0.2, 0.25) is 0 Å². The van der Waals surface area contributed by atoms with Crippen LogP contribution in [0.4, 0.5) is 8.78 Å². The number of rotatable bonds is 6. The van der Waals surface area contributed by atoms with E-state index in [4.69, 9.17) is 10.2 Å². The van der Waals surface area contributed by atoms with Gasteiger partial charge >= 0.3 is 11.9 Å². The van der Waals surface area contributed by atoms with Gasteiger partial charge in [-0.2, -0.15) is 0 Å². The van der Waals surface area contributed by atoms with Crippen molar-refractivity contribution in [3.63, 3.8) is 0 Å². The van der Waals surface area contributed by atoms with Crippen LogP contribution in [0.15, 0.2) is 0 Å². The number of halogens is 2. The van der Waals surface area contributed by atoms with Gasteiger partial charge in [0, 0.05) is 6.42 Å². The second kappa shape index (κ2) is 5.45. The summed E-state index contributed by atoms with van der Waals surface area (Å²) in [6, 6.07) is 0. The lowest BCUT2D eigenvalue weighted by Gasteiger charge is -2.09. The average Bonchev–Trinajstić information content (AvgIpc) is 1.95. The Morgan fingerprint density at radius 3 is 2.08 bits per heavy atom. The summed E-state index contributed by atoms with van der Waals surface area (Å²) in [5.41, 5.74) is 0. The molecule has 4 nitrogen and oxygen atoms in total. The Balaban J connectivity index is 3.84. The molecule has 0 aromatic rings. The van der Waals surface area contributed by atoms with Gasteiger partial charge in [-0.3, -0.25) is 9.59 Å². The van der Waals surface area contributed by atoms with E-state index in [1.54, 1.807) is 0 Å². The van der Waals surface area contributed by atoms with Crippen LogP contribution in [0.25, 0.3) is 0 Å². The third kappa shape index (κ3) is 5.10. The molecule has 76 valence electrons. The summed E-state index contributed by atoms with van der Waals surface area (Å²) in [7, 11) is 0. The molecule has 2 N–H and O–H groups in total. The number of carboxylic acid groups (broad SMARTS) is 2. The van der Waals surface area contributed by atoms with E-state index in [1.165, 1.54) is 0 Å². The molecule has 0 fully saturated rings. The molecule has 0 heterocycles. The highest BCUT2D eigenvalue weighted by atomic mass is 19.3. The second-order valence-corrected chi connectivity index (χ2v) is 2.57. The van der Waals surface area contributed by atoms with Crippen molar-refractivity contribution in [2.75, 3.05) is 0 Å². The van der Waals surface area contributed by atoms with Gasteiger partial charge in [-0.1, -0.05) is 0 Å². The highest BCUT2D eigenvalue weighted by molar-refractivity contribution is 5.70. The first kappa shape index (κ1) is 11.8. The van der Waals surface area contributed by atoms with E-state index in [0.717, 1.165) is 0 Å². The fraction of sp³-hybridized carbons (Fsp3) is 0.714. The molecule has 0 aliphatic heterocycles. The summed E-state index contributed by atoms with van der Waals surface area (Å²) in [6.07, 6.45) is -3.57. The average molecular weight is 196 g/mol. The maximum atomic E-state index is 11.9. The van der Waals surface area contributed by atoms with Gasteiger partial charge in [0.25, 0.3) is 6.43 Å². The molecule has 0 rings (SSSR count). The second-order valence-electron chi connectivity index (χ2n) is 2.57. The molecule has 0 bridgehead atoms. The Kier molecular flexibility index (Phi) is 4.94. The van der Waals surface area contributed by atoms with Gasteiger partial charge in [-0.05, 0) is 12.8 Å². The fourth-order valence-electron chi connectivity index (χ4n) is 0.830. The summed E-state index contributed by atoms with van der Waals surface area (Å²) in [5, 5.41) is 16.5. The summed E-state index contributed by atoms with van der Waals surface area (Å²) < 4.78 is 23.9. The number of carboxylic acids is 2. The smallest absolute Gasteiger partial charge is 0.312 e. The van der Waals surface area contributed by atoms with Crippen molar-refractivity contribution in [3.05, 3.63) is 0 Å². The number of carbonyl (C=O) groups is 2. The van der Waals surface area contributed by atoms with Crippen LogP contribution in [-0.4, -0.2) is 28.6 Å². The molecule has 0 aromatic heterocycles. The number of hydrogen-bond acceptors (Lipinski definition) is 2. The molecule has 0 amide bonds. The molecule has 0 radical (unpaired) electrons. The SMILES string of the molecule is O=C(O)CCC[C@H](C(=O)O)C(F)F. The van der Waals surface area contributed by atoms with Crippen LogP contribution < -0.4 is 0 Å². The van der Waals surface area contributed by atoms with Gasteiger partial charge in [-0.15, -0.1) is 0 Å². The Morgan fingerprint density at radius 1 is 1.23 bits per heavy atom. The number of alkyl halides is 2. The first-order valence-corrected chi connectivity index (χ1v) is 3.68. The van der Waals surface area contributed by atoms with Crippen molar-refractivity contribution in [3.8, 4) is 0 Å². The van der Waals surface area contributed by atoms with Gasteiger partial charge in [0.05, 0.1) is 0 Å². The molecule has 13 heavy (non-hydrogen) atoms. The topological polar surface area (TPSA) is 74.6 Å². The highest BCUT2D eigenvalue weighted by Crippen LogP contribution is 2.17. The van der Waals surface area contributed by atoms with E-state index < -0.39 is 24.3 Å². The van der Waals surface area contributed by atoms with E-state index in [9.17, 15) is 18.4 Å². The molecule has 0 unspecified atom stereocenters. The zero-order chi connectivity index (χ0) is 10.4. The third-order valence-corrected chi connectivity index (χ3v) is 1.53. The lowest BCUT2D eigenvalue weighted by molar-refractivity contribution is -0.148.